The summed E-state index contributed by atoms with van der Waals surface area (Å²) in [7, 11) is 0. The molecule has 1 aliphatic rings. The molecule has 0 radical (unpaired) electrons. The van der Waals surface area contributed by atoms with Crippen LogP contribution in [0.3, 0.4) is 0 Å². The number of rotatable bonds is 11. The van der Waals surface area contributed by atoms with E-state index in [1.165, 1.54) is 16.8 Å². The molecule has 5 aromatic carbocycles. The Morgan fingerprint density at radius 3 is 2.02 bits per heavy atom. The normalized spacial score (nSPS) is 14.0. The molecule has 3 nitrogen and oxygen atoms in total. The molecule has 0 saturated heterocycles. The number of nitrogens with zero attached hydrogens (tertiary/aromatic N) is 3. The molecule has 0 amide bonds. The van der Waals surface area contributed by atoms with Gasteiger partial charge in [-0.05, 0) is 122 Å². The first-order chi connectivity index (χ1) is 26.8. The lowest BCUT2D eigenvalue weighted by Gasteiger charge is -2.25. The number of terminal acetylenes is 1. The Morgan fingerprint density at radius 1 is 0.764 bits per heavy atom. The summed E-state index contributed by atoms with van der Waals surface area (Å²) < 4.78 is 0. The molecule has 0 fully saturated rings. The third kappa shape index (κ3) is 9.18. The molecule has 0 unspecified atom stereocenters. The highest BCUT2D eigenvalue weighted by Crippen LogP contribution is 2.32. The summed E-state index contributed by atoms with van der Waals surface area (Å²) in [4.78, 5) is 12.5. The summed E-state index contributed by atoms with van der Waals surface area (Å²) in [6.45, 7) is 14.8. The third-order valence-corrected chi connectivity index (χ3v) is 10.2. The Hall–Kier alpha value is -6.50. The van der Waals surface area contributed by atoms with Crippen molar-refractivity contribution in [3.05, 3.63) is 203 Å². The van der Waals surface area contributed by atoms with Crippen molar-refractivity contribution < 1.29 is 0 Å². The summed E-state index contributed by atoms with van der Waals surface area (Å²) in [6, 6.07) is 44.1. The van der Waals surface area contributed by atoms with Gasteiger partial charge in [0.05, 0.1) is 5.70 Å². The molecule has 0 bridgehead atoms. The van der Waals surface area contributed by atoms with Crippen LogP contribution >= 0.6 is 0 Å². The minimum Gasteiger partial charge on any atom is -0.318 e. The van der Waals surface area contributed by atoms with E-state index in [9.17, 15) is 0 Å². The van der Waals surface area contributed by atoms with E-state index in [4.69, 9.17) is 16.4 Å². The van der Waals surface area contributed by atoms with Gasteiger partial charge in [0.1, 0.15) is 0 Å². The maximum absolute atomic E-state index is 6.01. The topological polar surface area (TPSA) is 28.0 Å². The van der Waals surface area contributed by atoms with Crippen LogP contribution in [-0.2, 0) is 0 Å². The summed E-state index contributed by atoms with van der Waals surface area (Å²) in [5.74, 6) is 3.58. The molecule has 0 aromatic heterocycles. The van der Waals surface area contributed by atoms with Gasteiger partial charge in [0.15, 0.2) is 5.84 Å². The van der Waals surface area contributed by atoms with E-state index >= 15 is 0 Å². The smallest absolute Gasteiger partial charge is 0.160 e. The molecule has 0 heterocycles. The lowest BCUT2D eigenvalue weighted by atomic mass is 9.95. The fourth-order valence-corrected chi connectivity index (χ4v) is 6.73. The predicted octanol–water partition coefficient (Wildman–Crippen LogP) is 13.6. The summed E-state index contributed by atoms with van der Waals surface area (Å²) in [6.07, 6.45) is 17.6. The molecule has 0 aliphatic heterocycles. The van der Waals surface area contributed by atoms with Crippen molar-refractivity contribution in [2.45, 2.75) is 53.9 Å². The highest BCUT2D eigenvalue weighted by molar-refractivity contribution is 6.12. The van der Waals surface area contributed by atoms with Crippen LogP contribution < -0.4 is 4.90 Å². The second-order valence-electron chi connectivity index (χ2n) is 13.9. The van der Waals surface area contributed by atoms with Gasteiger partial charge in [0.25, 0.3) is 0 Å². The quantitative estimate of drug-likeness (QED) is 0.0579. The van der Waals surface area contributed by atoms with Gasteiger partial charge in [0.2, 0.25) is 0 Å². The van der Waals surface area contributed by atoms with Gasteiger partial charge in [-0.3, -0.25) is 0 Å². The fourth-order valence-electron chi connectivity index (χ4n) is 6.73. The molecule has 3 heteroatoms. The van der Waals surface area contributed by atoms with Crippen LogP contribution in [0.15, 0.2) is 179 Å². The zero-order chi connectivity index (χ0) is 38.7. The number of hydrogen-bond acceptors (Lipinski definition) is 2. The average Bonchev–Trinajstić information content (AvgIpc) is 3.24. The largest absolute Gasteiger partial charge is 0.318 e. The third-order valence-electron chi connectivity index (χ3n) is 10.2. The predicted molar refractivity (Wildman–Crippen MR) is 238 cm³/mol. The van der Waals surface area contributed by atoms with Crippen LogP contribution in [0.5, 0.6) is 0 Å². The van der Waals surface area contributed by atoms with Crippen LogP contribution in [0.1, 0.15) is 87.3 Å². The molecular weight excluding hydrogens is 667 g/mol. The fraction of sp³-hybridized carbons (Fsp3) is 0.154. The Morgan fingerprint density at radius 2 is 1.40 bits per heavy atom. The number of hydrogen-bond donors (Lipinski definition) is 0. The Bertz CT molecular complexity index is 2380. The summed E-state index contributed by atoms with van der Waals surface area (Å²) in [5.41, 5.74) is 16.1. The lowest BCUT2D eigenvalue weighted by Crippen LogP contribution is -2.16. The van der Waals surface area contributed by atoms with Crippen LogP contribution in [0.4, 0.5) is 5.69 Å². The lowest BCUT2D eigenvalue weighted by molar-refractivity contribution is 0.922. The first-order valence-corrected chi connectivity index (χ1v) is 19.0. The average molecular weight is 716 g/mol. The van der Waals surface area contributed by atoms with Gasteiger partial charge >= 0.3 is 0 Å². The summed E-state index contributed by atoms with van der Waals surface area (Å²) >= 11 is 0. The monoisotopic (exact) mass is 715 g/mol. The van der Waals surface area contributed by atoms with Gasteiger partial charge in [-0.2, -0.15) is 0 Å². The van der Waals surface area contributed by atoms with Crippen molar-refractivity contribution >= 4 is 34.6 Å². The van der Waals surface area contributed by atoms with Crippen molar-refractivity contribution in [1.82, 2.24) is 0 Å². The van der Waals surface area contributed by atoms with Gasteiger partial charge < -0.3 is 4.90 Å². The zero-order valence-corrected chi connectivity index (χ0v) is 32.7. The number of amidine groups is 1. The maximum atomic E-state index is 6.01. The molecule has 6 rings (SSSR count). The SMILES string of the molecule is C#Cc1ccc(-c2ccc(N(C=C)C3=C(C)CCC=C3)cc2)cc1/C=C(\C)c1ccc(/C(N=C(N=C(C)c2ccccc2)c2ccccc2)=C(\C)CC)cc1. The number of benzene rings is 5. The molecule has 0 spiro atoms. The molecule has 272 valence electrons. The van der Waals surface area contributed by atoms with Crippen molar-refractivity contribution in [2.24, 2.45) is 9.98 Å². The van der Waals surface area contributed by atoms with Gasteiger partial charge in [0, 0.05) is 40.0 Å². The maximum Gasteiger partial charge on any atom is 0.160 e. The van der Waals surface area contributed by atoms with Gasteiger partial charge in [-0.25, -0.2) is 9.98 Å². The van der Waals surface area contributed by atoms with E-state index in [1.807, 2.05) is 55.6 Å². The number of anilines is 1. The molecule has 0 atom stereocenters. The van der Waals surface area contributed by atoms with Crippen molar-refractivity contribution in [2.75, 3.05) is 4.90 Å². The highest BCUT2D eigenvalue weighted by Gasteiger charge is 2.14. The van der Waals surface area contributed by atoms with Gasteiger partial charge in [-0.1, -0.05) is 135 Å². The Balaban J connectivity index is 1.29. The van der Waals surface area contributed by atoms with E-state index in [1.54, 1.807) is 0 Å². The molecule has 5 aromatic rings. The van der Waals surface area contributed by atoms with Crippen LogP contribution in [0.25, 0.3) is 28.5 Å². The number of allylic oxidation sites excluding steroid dienone is 5. The molecular formula is C52H49N3. The second kappa shape index (κ2) is 18.0. The van der Waals surface area contributed by atoms with Gasteiger partial charge in [-0.15, -0.1) is 6.42 Å². The van der Waals surface area contributed by atoms with Crippen LogP contribution in [-0.4, -0.2) is 11.5 Å². The first kappa shape index (κ1) is 38.2. The van der Waals surface area contributed by atoms with Crippen LogP contribution in [0, 0.1) is 12.3 Å². The van der Waals surface area contributed by atoms with E-state index in [-0.39, 0.29) is 0 Å². The Labute approximate surface area is 328 Å². The molecule has 0 N–H and O–H groups in total. The molecule has 1 aliphatic carbocycles. The number of aliphatic imine (C=N–C) groups is 2. The van der Waals surface area contributed by atoms with E-state index in [0.29, 0.717) is 5.84 Å². The molecule has 55 heavy (non-hydrogen) atoms. The minimum atomic E-state index is 0.688. The Kier molecular flexibility index (Phi) is 12.5. The van der Waals surface area contributed by atoms with Crippen molar-refractivity contribution in [3.63, 3.8) is 0 Å². The highest BCUT2D eigenvalue weighted by atomic mass is 15.1. The minimum absolute atomic E-state index is 0.688. The van der Waals surface area contributed by atoms with E-state index in [2.05, 4.69) is 148 Å². The van der Waals surface area contributed by atoms with Crippen molar-refractivity contribution in [3.8, 4) is 23.5 Å². The van der Waals surface area contributed by atoms with Crippen molar-refractivity contribution in [1.29, 1.82) is 0 Å². The standard InChI is InChI=1S/C52H49N3/c1-8-37(4)51(54-52(46-22-15-12-16-23-46)53-40(7)43-20-13-11-14-21-43)45-28-26-42(27-29-45)39(6)35-48-36-47(30-25-41(48)9-2)44-31-33-49(34-32-44)55(10-3)50-24-18-17-19-38(50)5/h2,10-16,18,20-36H,3,8,17,19H2,1,4-7H3/b39-35+,51-37-,53-40?,54-52?. The van der Waals surface area contributed by atoms with Crippen LogP contribution in [0.2, 0.25) is 0 Å². The summed E-state index contributed by atoms with van der Waals surface area (Å²) in [5, 5.41) is 0. The first-order valence-electron chi connectivity index (χ1n) is 19.0. The molecule has 0 saturated carbocycles. The second-order valence-corrected chi connectivity index (χ2v) is 13.9. The van der Waals surface area contributed by atoms with E-state index < -0.39 is 0 Å². The van der Waals surface area contributed by atoms with E-state index in [0.717, 1.165) is 86.4 Å². The zero-order valence-electron chi connectivity index (χ0n) is 32.7.